The van der Waals surface area contributed by atoms with Gasteiger partial charge in [0.1, 0.15) is 5.69 Å². The van der Waals surface area contributed by atoms with Crippen molar-refractivity contribution in [2.24, 2.45) is 5.73 Å². The van der Waals surface area contributed by atoms with Crippen molar-refractivity contribution in [2.45, 2.75) is 6.92 Å². The van der Waals surface area contributed by atoms with Crippen molar-refractivity contribution in [1.29, 1.82) is 0 Å². The Balaban J connectivity index is 2.21. The minimum absolute atomic E-state index is 0.129. The van der Waals surface area contributed by atoms with E-state index >= 15 is 0 Å². The molecular weight excluding hydrogens is 268 g/mol. The minimum Gasteiger partial charge on any atom is -0.321 e. The molecule has 0 saturated carbocycles. The molecule has 0 aliphatic carbocycles. The molecule has 2 aromatic rings. The molecule has 1 amide bonds. The largest absolute Gasteiger partial charge is 0.321 e. The van der Waals surface area contributed by atoms with Crippen LogP contribution in [0.25, 0.3) is 0 Å². The molecule has 1 aromatic carbocycles. The lowest BCUT2D eigenvalue weighted by molar-refractivity contribution is 0.102. The third-order valence-corrected chi connectivity index (χ3v) is 2.73. The molecule has 106 valence electrons. The van der Waals surface area contributed by atoms with Crippen LogP contribution in [0.5, 0.6) is 0 Å². The molecule has 0 atom stereocenters. The second-order valence-electron chi connectivity index (χ2n) is 4.30. The number of carbonyl (C=O) groups is 1. The van der Waals surface area contributed by atoms with Crippen LogP contribution >= 0.6 is 0 Å². The van der Waals surface area contributed by atoms with E-state index in [0.717, 1.165) is 11.1 Å². The molecule has 0 saturated heterocycles. The van der Waals surface area contributed by atoms with Gasteiger partial charge in [-0.2, -0.15) is 5.10 Å². The molecule has 0 fully saturated rings. The van der Waals surface area contributed by atoms with Crippen LogP contribution in [0.2, 0.25) is 0 Å². The fourth-order valence-electron chi connectivity index (χ4n) is 1.65. The molecule has 0 unspecified atom stereocenters. The molecule has 0 aliphatic heterocycles. The molecule has 0 radical (unpaired) electrons. The second kappa shape index (κ2) is 6.50. The fraction of sp³-hybridized carbons (Fsp3) is 0.133. The van der Waals surface area contributed by atoms with Gasteiger partial charge < -0.3 is 11.1 Å². The van der Waals surface area contributed by atoms with E-state index in [-0.39, 0.29) is 17.8 Å². The normalized spacial score (nSPS) is 9.62. The van der Waals surface area contributed by atoms with Gasteiger partial charge in [0, 0.05) is 17.3 Å². The Kier molecular flexibility index (Phi) is 4.49. The van der Waals surface area contributed by atoms with E-state index in [2.05, 4.69) is 27.4 Å². The first-order valence-electron chi connectivity index (χ1n) is 6.27. The predicted molar refractivity (Wildman–Crippen MR) is 79.9 cm³/mol. The number of nitrogens with zero attached hydrogens (tertiary/aromatic N) is 1. The number of hydrogen-bond acceptors (Lipinski definition) is 4. The molecule has 6 nitrogen and oxygen atoms in total. The number of anilines is 1. The van der Waals surface area contributed by atoms with Gasteiger partial charge in [0.2, 0.25) is 0 Å². The number of benzene rings is 1. The Labute approximate surface area is 121 Å². The highest BCUT2D eigenvalue weighted by molar-refractivity contribution is 6.02. The van der Waals surface area contributed by atoms with Crippen molar-refractivity contribution >= 4 is 11.6 Å². The van der Waals surface area contributed by atoms with Gasteiger partial charge in [0.15, 0.2) is 0 Å². The summed E-state index contributed by atoms with van der Waals surface area (Å²) in [5, 5.41) is 8.58. The van der Waals surface area contributed by atoms with E-state index in [1.807, 2.05) is 13.0 Å². The monoisotopic (exact) mass is 282 g/mol. The molecule has 0 bridgehead atoms. The van der Waals surface area contributed by atoms with Gasteiger partial charge in [-0.3, -0.25) is 9.59 Å². The zero-order valence-electron chi connectivity index (χ0n) is 11.4. The average molecular weight is 282 g/mol. The third-order valence-electron chi connectivity index (χ3n) is 2.73. The van der Waals surface area contributed by atoms with Gasteiger partial charge in [0.05, 0.1) is 6.54 Å². The summed E-state index contributed by atoms with van der Waals surface area (Å²) in [6.07, 6.45) is 0. The number of carbonyl (C=O) groups excluding carboxylic acids is 1. The predicted octanol–water partition coefficient (Wildman–Crippen LogP) is 0.641. The number of amides is 1. The molecule has 1 aromatic heterocycles. The van der Waals surface area contributed by atoms with Crippen LogP contribution in [-0.2, 0) is 0 Å². The van der Waals surface area contributed by atoms with Crippen molar-refractivity contribution in [1.82, 2.24) is 10.2 Å². The van der Waals surface area contributed by atoms with E-state index in [9.17, 15) is 9.59 Å². The van der Waals surface area contributed by atoms with Crippen molar-refractivity contribution in [2.75, 3.05) is 11.9 Å². The summed E-state index contributed by atoms with van der Waals surface area (Å²) >= 11 is 0. The topological polar surface area (TPSA) is 101 Å². The number of nitrogens with two attached hydrogens (primary N) is 1. The van der Waals surface area contributed by atoms with E-state index in [1.54, 1.807) is 12.1 Å². The number of nitrogens with one attached hydrogen (secondary N) is 2. The van der Waals surface area contributed by atoms with Crippen LogP contribution < -0.4 is 16.6 Å². The number of rotatable bonds is 2. The Bertz CT molecular complexity index is 764. The summed E-state index contributed by atoms with van der Waals surface area (Å²) in [5.74, 6) is 5.31. The summed E-state index contributed by atoms with van der Waals surface area (Å²) in [5.41, 5.74) is 7.51. The lowest BCUT2D eigenvalue weighted by atomic mass is 10.1. The first-order valence-corrected chi connectivity index (χ1v) is 6.27. The quantitative estimate of drug-likeness (QED) is 0.704. The average Bonchev–Trinajstić information content (AvgIpc) is 2.48. The zero-order valence-corrected chi connectivity index (χ0v) is 11.4. The molecule has 1 heterocycles. The zero-order chi connectivity index (χ0) is 15.2. The maximum absolute atomic E-state index is 12.0. The highest BCUT2D eigenvalue weighted by Crippen LogP contribution is 2.15. The van der Waals surface area contributed by atoms with Gasteiger partial charge in [-0.15, -0.1) is 0 Å². The van der Waals surface area contributed by atoms with Crippen molar-refractivity contribution in [3.63, 3.8) is 0 Å². The van der Waals surface area contributed by atoms with E-state index < -0.39 is 5.91 Å². The van der Waals surface area contributed by atoms with Gasteiger partial charge in [-0.25, -0.2) is 5.10 Å². The maximum Gasteiger partial charge on any atom is 0.276 e. The highest BCUT2D eigenvalue weighted by Gasteiger charge is 2.08. The summed E-state index contributed by atoms with van der Waals surface area (Å²) in [4.78, 5) is 22.9. The SMILES string of the molecule is Cc1ccc(NC(=O)c2ccc(=O)[nH]n2)cc1C#CCN. The Morgan fingerprint density at radius 1 is 1.38 bits per heavy atom. The molecule has 2 rings (SSSR count). The molecular formula is C15H14N4O2. The van der Waals surface area contributed by atoms with E-state index in [4.69, 9.17) is 5.73 Å². The van der Waals surface area contributed by atoms with Gasteiger partial charge in [-0.1, -0.05) is 17.9 Å². The van der Waals surface area contributed by atoms with Crippen LogP contribution in [0, 0.1) is 18.8 Å². The minimum atomic E-state index is -0.409. The Morgan fingerprint density at radius 3 is 2.86 bits per heavy atom. The lowest BCUT2D eigenvalue weighted by Gasteiger charge is -2.06. The summed E-state index contributed by atoms with van der Waals surface area (Å²) < 4.78 is 0. The van der Waals surface area contributed by atoms with E-state index in [0.29, 0.717) is 5.69 Å². The van der Waals surface area contributed by atoms with Crippen LogP contribution in [0.1, 0.15) is 21.6 Å². The highest BCUT2D eigenvalue weighted by atomic mass is 16.2. The summed E-state index contributed by atoms with van der Waals surface area (Å²) in [6, 6.07) is 8.00. The molecule has 0 aliphatic rings. The number of H-pyrrole nitrogens is 1. The van der Waals surface area contributed by atoms with Crippen LogP contribution in [0.3, 0.4) is 0 Å². The van der Waals surface area contributed by atoms with Gasteiger partial charge >= 0.3 is 0 Å². The fourth-order valence-corrected chi connectivity index (χ4v) is 1.65. The summed E-state index contributed by atoms with van der Waals surface area (Å²) in [7, 11) is 0. The molecule has 6 heteroatoms. The molecule has 21 heavy (non-hydrogen) atoms. The van der Waals surface area contributed by atoms with Crippen molar-refractivity contribution in [3.8, 4) is 11.8 Å². The van der Waals surface area contributed by atoms with Crippen molar-refractivity contribution in [3.05, 3.63) is 57.5 Å². The van der Waals surface area contributed by atoms with Crippen LogP contribution in [0.15, 0.2) is 35.1 Å². The number of aryl methyl sites for hydroxylation is 1. The number of hydrogen-bond donors (Lipinski definition) is 3. The van der Waals surface area contributed by atoms with Crippen molar-refractivity contribution < 1.29 is 4.79 Å². The maximum atomic E-state index is 12.0. The first-order chi connectivity index (χ1) is 10.1. The molecule has 4 N–H and O–H groups in total. The van der Waals surface area contributed by atoms with E-state index in [1.165, 1.54) is 12.1 Å². The van der Waals surface area contributed by atoms with Gasteiger partial charge in [-0.05, 0) is 30.7 Å². The second-order valence-corrected chi connectivity index (χ2v) is 4.30. The lowest BCUT2D eigenvalue weighted by Crippen LogP contribution is -2.17. The number of aromatic amines is 1. The smallest absolute Gasteiger partial charge is 0.276 e. The Morgan fingerprint density at radius 2 is 2.19 bits per heavy atom. The van der Waals surface area contributed by atoms with Gasteiger partial charge in [0.25, 0.3) is 11.5 Å². The third kappa shape index (κ3) is 3.78. The summed E-state index contributed by atoms with van der Waals surface area (Å²) in [6.45, 7) is 2.20. The van der Waals surface area contributed by atoms with Crippen LogP contribution in [0.4, 0.5) is 5.69 Å². The standard InChI is InChI=1S/C15H14N4O2/c1-10-4-5-12(9-11(10)3-2-8-16)17-15(21)13-6-7-14(20)19-18-13/h4-7,9H,8,16H2,1H3,(H,17,21)(H,19,20). The Hall–Kier alpha value is -2.91. The molecule has 0 spiro atoms. The first kappa shape index (κ1) is 14.5. The number of aromatic nitrogens is 2. The van der Waals surface area contributed by atoms with Crippen LogP contribution in [-0.4, -0.2) is 22.6 Å².